The number of carbonyl (C=O) groups excluding carboxylic acids is 1. The van der Waals surface area contributed by atoms with Gasteiger partial charge in [-0.2, -0.15) is 0 Å². The minimum atomic E-state index is -0.0381. The van der Waals surface area contributed by atoms with Gasteiger partial charge in [0.25, 0.3) is 5.91 Å². The topological polar surface area (TPSA) is 29.1 Å². The van der Waals surface area contributed by atoms with Gasteiger partial charge >= 0.3 is 0 Å². The van der Waals surface area contributed by atoms with Crippen LogP contribution in [0, 0.1) is 6.92 Å². The van der Waals surface area contributed by atoms with Crippen LogP contribution in [0.4, 0.5) is 5.69 Å². The number of anilines is 1. The predicted molar refractivity (Wildman–Crippen MR) is 81.0 cm³/mol. The van der Waals surface area contributed by atoms with Crippen LogP contribution in [0.25, 0.3) is 10.8 Å². The van der Waals surface area contributed by atoms with Crippen LogP contribution in [0.3, 0.4) is 0 Å². The van der Waals surface area contributed by atoms with Gasteiger partial charge in [0.15, 0.2) is 0 Å². The number of thiophene rings is 1. The number of carbonyl (C=O) groups is 1. The van der Waals surface area contributed by atoms with Crippen LogP contribution >= 0.6 is 11.3 Å². The first kappa shape index (κ1) is 11.9. The Morgan fingerprint density at radius 1 is 1.05 bits per heavy atom. The highest BCUT2D eigenvalue weighted by atomic mass is 32.1. The fraction of sp³-hybridized carbons (Fsp3) is 0.0625. The maximum atomic E-state index is 12.2. The summed E-state index contributed by atoms with van der Waals surface area (Å²) in [6, 6.07) is 15.9. The maximum absolute atomic E-state index is 12.2. The highest BCUT2D eigenvalue weighted by Gasteiger charge is 2.11. The molecule has 0 saturated heterocycles. The van der Waals surface area contributed by atoms with Crippen molar-refractivity contribution in [3.8, 4) is 0 Å². The largest absolute Gasteiger partial charge is 0.321 e. The average Bonchev–Trinajstić information content (AvgIpc) is 2.85. The summed E-state index contributed by atoms with van der Waals surface area (Å²) in [6.45, 7) is 1.95. The van der Waals surface area contributed by atoms with Gasteiger partial charge < -0.3 is 5.32 Å². The second-order valence-electron chi connectivity index (χ2n) is 4.41. The SMILES string of the molecule is Cc1ccsc1C(=O)Nc1cccc2ccccc12. The van der Waals surface area contributed by atoms with Crippen molar-refractivity contribution in [2.45, 2.75) is 6.92 Å². The molecule has 0 saturated carbocycles. The summed E-state index contributed by atoms with van der Waals surface area (Å²) in [5.74, 6) is -0.0381. The standard InChI is InChI=1S/C16H13NOS/c1-11-9-10-19-15(11)16(18)17-14-8-4-6-12-5-2-3-7-13(12)14/h2-10H,1H3,(H,17,18). The van der Waals surface area contributed by atoms with Crippen molar-refractivity contribution in [2.24, 2.45) is 0 Å². The third-order valence-corrected chi connectivity index (χ3v) is 4.12. The van der Waals surface area contributed by atoms with Crippen LogP contribution in [0.2, 0.25) is 0 Å². The average molecular weight is 267 g/mol. The lowest BCUT2D eigenvalue weighted by Crippen LogP contribution is -2.11. The molecule has 0 spiro atoms. The molecule has 0 atom stereocenters. The van der Waals surface area contributed by atoms with Gasteiger partial charge in [-0.3, -0.25) is 4.79 Å². The molecular weight excluding hydrogens is 254 g/mol. The molecule has 3 rings (SSSR count). The van der Waals surface area contributed by atoms with E-state index in [1.54, 1.807) is 0 Å². The molecule has 0 aliphatic carbocycles. The number of fused-ring (bicyclic) bond motifs is 1. The molecule has 0 radical (unpaired) electrons. The Morgan fingerprint density at radius 3 is 2.63 bits per heavy atom. The summed E-state index contributed by atoms with van der Waals surface area (Å²) >= 11 is 1.47. The van der Waals surface area contributed by atoms with E-state index in [1.807, 2.05) is 60.8 Å². The Labute approximate surface area is 115 Å². The van der Waals surface area contributed by atoms with Crippen LogP contribution in [0.1, 0.15) is 15.2 Å². The Bertz CT molecular complexity index is 740. The molecule has 0 bridgehead atoms. The summed E-state index contributed by atoms with van der Waals surface area (Å²) in [7, 11) is 0. The third-order valence-electron chi connectivity index (χ3n) is 3.11. The molecule has 0 aliphatic heterocycles. The van der Waals surface area contributed by atoms with E-state index >= 15 is 0 Å². The summed E-state index contributed by atoms with van der Waals surface area (Å²) in [4.78, 5) is 13.0. The number of benzene rings is 2. The summed E-state index contributed by atoms with van der Waals surface area (Å²) in [6.07, 6.45) is 0. The molecule has 1 N–H and O–H groups in total. The molecule has 0 unspecified atom stereocenters. The molecule has 1 heterocycles. The molecule has 3 aromatic rings. The van der Waals surface area contributed by atoms with Crippen molar-refractivity contribution in [1.82, 2.24) is 0 Å². The number of aryl methyl sites for hydroxylation is 1. The fourth-order valence-corrected chi connectivity index (χ4v) is 2.94. The van der Waals surface area contributed by atoms with E-state index in [9.17, 15) is 4.79 Å². The van der Waals surface area contributed by atoms with Gasteiger partial charge in [0.2, 0.25) is 0 Å². The van der Waals surface area contributed by atoms with Gasteiger partial charge in [0.05, 0.1) is 4.88 Å². The first-order valence-corrected chi connectivity index (χ1v) is 6.97. The minimum Gasteiger partial charge on any atom is -0.321 e. The smallest absolute Gasteiger partial charge is 0.266 e. The number of hydrogen-bond donors (Lipinski definition) is 1. The predicted octanol–water partition coefficient (Wildman–Crippen LogP) is 4.46. The lowest BCUT2D eigenvalue weighted by atomic mass is 10.1. The van der Waals surface area contributed by atoms with E-state index in [0.717, 1.165) is 26.9 Å². The van der Waals surface area contributed by atoms with E-state index < -0.39 is 0 Å². The Kier molecular flexibility index (Phi) is 3.05. The van der Waals surface area contributed by atoms with Crippen LogP contribution in [0.5, 0.6) is 0 Å². The summed E-state index contributed by atoms with van der Waals surface area (Å²) in [5, 5.41) is 7.13. The lowest BCUT2D eigenvalue weighted by Gasteiger charge is -2.08. The van der Waals surface area contributed by atoms with Crippen molar-refractivity contribution in [3.05, 3.63) is 64.4 Å². The first-order chi connectivity index (χ1) is 9.25. The van der Waals surface area contributed by atoms with Crippen molar-refractivity contribution in [1.29, 1.82) is 0 Å². The van der Waals surface area contributed by atoms with Crippen LogP contribution in [-0.4, -0.2) is 5.91 Å². The number of rotatable bonds is 2. The summed E-state index contributed by atoms with van der Waals surface area (Å²) in [5.41, 5.74) is 1.87. The maximum Gasteiger partial charge on any atom is 0.266 e. The lowest BCUT2D eigenvalue weighted by molar-refractivity contribution is 0.103. The van der Waals surface area contributed by atoms with Gasteiger partial charge in [0.1, 0.15) is 0 Å². The van der Waals surface area contributed by atoms with Crippen molar-refractivity contribution in [3.63, 3.8) is 0 Å². The normalized spacial score (nSPS) is 10.6. The fourth-order valence-electron chi connectivity index (χ4n) is 2.12. The molecular formula is C16H13NOS. The highest BCUT2D eigenvalue weighted by molar-refractivity contribution is 7.12. The minimum absolute atomic E-state index is 0.0381. The number of amides is 1. The van der Waals surface area contributed by atoms with E-state index in [-0.39, 0.29) is 5.91 Å². The second kappa shape index (κ2) is 4.86. The zero-order valence-electron chi connectivity index (χ0n) is 10.5. The Morgan fingerprint density at radius 2 is 1.84 bits per heavy atom. The van der Waals surface area contributed by atoms with Crippen molar-refractivity contribution < 1.29 is 4.79 Å². The second-order valence-corrected chi connectivity index (χ2v) is 5.33. The molecule has 1 amide bonds. The van der Waals surface area contributed by atoms with E-state index in [1.165, 1.54) is 11.3 Å². The highest BCUT2D eigenvalue weighted by Crippen LogP contribution is 2.24. The zero-order valence-corrected chi connectivity index (χ0v) is 11.3. The number of nitrogens with one attached hydrogen (secondary N) is 1. The molecule has 0 fully saturated rings. The van der Waals surface area contributed by atoms with Gasteiger partial charge in [-0.15, -0.1) is 11.3 Å². The quantitative estimate of drug-likeness (QED) is 0.729. The van der Waals surface area contributed by atoms with Gasteiger partial charge in [-0.25, -0.2) is 0 Å². The first-order valence-electron chi connectivity index (χ1n) is 6.09. The van der Waals surface area contributed by atoms with E-state index in [2.05, 4.69) is 5.32 Å². The summed E-state index contributed by atoms with van der Waals surface area (Å²) < 4.78 is 0. The van der Waals surface area contributed by atoms with Crippen molar-refractivity contribution >= 4 is 33.7 Å². The molecule has 3 heteroatoms. The Balaban J connectivity index is 1.98. The van der Waals surface area contributed by atoms with E-state index in [4.69, 9.17) is 0 Å². The Hall–Kier alpha value is -2.13. The van der Waals surface area contributed by atoms with Crippen LogP contribution < -0.4 is 5.32 Å². The molecule has 1 aromatic heterocycles. The van der Waals surface area contributed by atoms with Gasteiger partial charge in [-0.05, 0) is 35.4 Å². The van der Waals surface area contributed by atoms with Gasteiger partial charge in [0, 0.05) is 11.1 Å². The monoisotopic (exact) mass is 267 g/mol. The third kappa shape index (κ3) is 2.25. The van der Waals surface area contributed by atoms with E-state index in [0.29, 0.717) is 0 Å². The van der Waals surface area contributed by atoms with Crippen LogP contribution in [-0.2, 0) is 0 Å². The molecule has 94 valence electrons. The zero-order chi connectivity index (χ0) is 13.2. The molecule has 2 nitrogen and oxygen atoms in total. The number of hydrogen-bond acceptors (Lipinski definition) is 2. The van der Waals surface area contributed by atoms with Crippen LogP contribution in [0.15, 0.2) is 53.9 Å². The molecule has 19 heavy (non-hydrogen) atoms. The van der Waals surface area contributed by atoms with Gasteiger partial charge in [-0.1, -0.05) is 36.4 Å². The van der Waals surface area contributed by atoms with Crippen molar-refractivity contribution in [2.75, 3.05) is 5.32 Å². The molecule has 2 aromatic carbocycles. The molecule has 0 aliphatic rings.